The average molecular weight is 520 g/mol. The molecule has 0 aliphatic carbocycles. The first-order chi connectivity index (χ1) is 18.3. The second-order valence-electron chi connectivity index (χ2n) is 9.78. The van der Waals surface area contributed by atoms with Gasteiger partial charge < -0.3 is 28.8 Å². The van der Waals surface area contributed by atoms with Crippen LogP contribution in [0.4, 0.5) is 5.69 Å². The first-order valence-corrected chi connectivity index (χ1v) is 12.9. The monoisotopic (exact) mass is 519 g/mol. The predicted octanol–water partition coefficient (Wildman–Crippen LogP) is 3.29. The molecule has 1 saturated heterocycles. The summed E-state index contributed by atoms with van der Waals surface area (Å²) in [7, 11) is 5.61. The maximum Gasteiger partial charge on any atom is 0.242 e. The van der Waals surface area contributed by atoms with Crippen molar-refractivity contribution < 1.29 is 18.7 Å². The summed E-state index contributed by atoms with van der Waals surface area (Å²) in [6, 6.07) is 15.9. The molecule has 38 heavy (non-hydrogen) atoms. The molecule has 0 bridgehead atoms. The number of amides is 2. The molecule has 9 nitrogen and oxygen atoms in total. The summed E-state index contributed by atoms with van der Waals surface area (Å²) in [5.41, 5.74) is 2.86. The number of anilines is 1. The lowest BCUT2D eigenvalue weighted by molar-refractivity contribution is -0.140. The van der Waals surface area contributed by atoms with Crippen LogP contribution in [0.2, 0.25) is 0 Å². The zero-order valence-electron chi connectivity index (χ0n) is 22.7. The minimum Gasteiger partial charge on any atom is -0.496 e. The summed E-state index contributed by atoms with van der Waals surface area (Å²) in [6.07, 6.45) is 2.03. The van der Waals surface area contributed by atoms with Crippen molar-refractivity contribution in [3.05, 3.63) is 66.2 Å². The molecule has 0 atom stereocenters. The lowest BCUT2D eigenvalue weighted by atomic mass is 10.1. The van der Waals surface area contributed by atoms with Crippen LogP contribution in [0.5, 0.6) is 5.75 Å². The molecule has 202 valence electrons. The molecule has 2 heterocycles. The summed E-state index contributed by atoms with van der Waals surface area (Å²) in [6.45, 7) is 5.44. The molecule has 0 saturated carbocycles. The van der Waals surface area contributed by atoms with E-state index in [0.29, 0.717) is 56.5 Å². The molecule has 0 N–H and O–H groups in total. The molecular formula is C29H37N5O4. The van der Waals surface area contributed by atoms with Gasteiger partial charge in [0.25, 0.3) is 0 Å². The van der Waals surface area contributed by atoms with Gasteiger partial charge in [0, 0.05) is 64.4 Å². The van der Waals surface area contributed by atoms with E-state index in [0.717, 1.165) is 23.4 Å². The highest BCUT2D eigenvalue weighted by atomic mass is 16.5. The van der Waals surface area contributed by atoms with Gasteiger partial charge in [-0.1, -0.05) is 30.3 Å². The minimum atomic E-state index is -0.0362. The average Bonchev–Trinajstić information content (AvgIpc) is 3.27. The van der Waals surface area contributed by atoms with E-state index in [9.17, 15) is 9.59 Å². The maximum absolute atomic E-state index is 13.4. The molecule has 0 radical (unpaired) electrons. The fourth-order valence-electron chi connectivity index (χ4n) is 4.54. The van der Waals surface area contributed by atoms with E-state index < -0.39 is 0 Å². The van der Waals surface area contributed by atoms with E-state index in [-0.39, 0.29) is 18.4 Å². The summed E-state index contributed by atoms with van der Waals surface area (Å²) in [4.78, 5) is 38.3. The molecule has 0 spiro atoms. The molecule has 1 fully saturated rings. The second kappa shape index (κ2) is 12.6. The van der Waals surface area contributed by atoms with Crippen molar-refractivity contribution in [3.63, 3.8) is 0 Å². The Kier molecular flexibility index (Phi) is 9.02. The number of aryl methyl sites for hydroxylation is 1. The van der Waals surface area contributed by atoms with Crippen molar-refractivity contribution in [1.82, 2.24) is 19.7 Å². The van der Waals surface area contributed by atoms with Crippen LogP contribution in [0, 0.1) is 6.92 Å². The molecule has 3 aromatic rings. The Balaban J connectivity index is 1.43. The fourth-order valence-corrected chi connectivity index (χ4v) is 4.54. The molecule has 9 heteroatoms. The number of carbonyl (C=O) groups excluding carboxylic acids is 2. The number of aromatic nitrogens is 1. The van der Waals surface area contributed by atoms with E-state index in [4.69, 9.17) is 9.15 Å². The van der Waals surface area contributed by atoms with Gasteiger partial charge in [-0.15, -0.1) is 0 Å². The van der Waals surface area contributed by atoms with Crippen LogP contribution in [0.1, 0.15) is 17.9 Å². The van der Waals surface area contributed by atoms with E-state index in [1.54, 1.807) is 25.1 Å². The van der Waals surface area contributed by atoms with Gasteiger partial charge in [0.15, 0.2) is 11.7 Å². The number of nitrogens with zero attached hydrogens (tertiary/aromatic N) is 5. The summed E-state index contributed by atoms with van der Waals surface area (Å²) < 4.78 is 11.3. The van der Waals surface area contributed by atoms with Gasteiger partial charge in [-0.3, -0.25) is 9.59 Å². The van der Waals surface area contributed by atoms with Crippen LogP contribution in [0.25, 0.3) is 11.3 Å². The first kappa shape index (κ1) is 27.2. The summed E-state index contributed by atoms with van der Waals surface area (Å²) in [5.74, 6) is 1.88. The summed E-state index contributed by atoms with van der Waals surface area (Å²) >= 11 is 0. The van der Waals surface area contributed by atoms with Gasteiger partial charge >= 0.3 is 0 Å². The van der Waals surface area contributed by atoms with Gasteiger partial charge in [0.1, 0.15) is 5.75 Å². The number of oxazole rings is 1. The summed E-state index contributed by atoms with van der Waals surface area (Å²) in [5, 5.41) is 0. The number of rotatable bonds is 10. The predicted molar refractivity (Wildman–Crippen MR) is 147 cm³/mol. The Morgan fingerprint density at radius 2 is 1.87 bits per heavy atom. The van der Waals surface area contributed by atoms with E-state index in [1.807, 2.05) is 67.5 Å². The van der Waals surface area contributed by atoms with Crippen LogP contribution < -0.4 is 9.64 Å². The largest absolute Gasteiger partial charge is 0.496 e. The van der Waals surface area contributed by atoms with Crippen molar-refractivity contribution in [1.29, 1.82) is 0 Å². The van der Waals surface area contributed by atoms with Crippen LogP contribution >= 0.6 is 0 Å². The highest BCUT2D eigenvalue weighted by Gasteiger charge is 2.26. The molecule has 1 aromatic heterocycles. The minimum absolute atomic E-state index is 0.00570. The van der Waals surface area contributed by atoms with Crippen LogP contribution in [-0.2, 0) is 16.1 Å². The number of methoxy groups -OCH3 is 1. The third-order valence-electron chi connectivity index (χ3n) is 6.74. The van der Waals surface area contributed by atoms with Crippen molar-refractivity contribution in [3.8, 4) is 17.1 Å². The SMILES string of the molecule is COc1cc(N2CCC(=O)N(CC(=O)N(CCN(C)C)Cc3ccccc3)CC2)ccc1-c1cnc(C)o1. The van der Waals surface area contributed by atoms with Crippen LogP contribution in [-0.4, -0.2) is 92.0 Å². The molecule has 1 aliphatic rings. The van der Waals surface area contributed by atoms with E-state index >= 15 is 0 Å². The standard InChI is InChI=1S/C29H37N5O4/c1-22-30-19-27(38-22)25-11-10-24(18-26(25)37-4)32-13-12-28(35)34(17-16-32)21-29(36)33(15-14-31(2)3)20-23-8-6-5-7-9-23/h5-11,18-19H,12-17,20-21H2,1-4H3. The zero-order chi connectivity index (χ0) is 27.1. The van der Waals surface area contributed by atoms with Gasteiger partial charge in [-0.25, -0.2) is 4.98 Å². The Morgan fingerprint density at radius 3 is 2.55 bits per heavy atom. The van der Waals surface area contributed by atoms with Gasteiger partial charge in [-0.05, 0) is 31.8 Å². The smallest absolute Gasteiger partial charge is 0.242 e. The normalized spacial score (nSPS) is 14.1. The Bertz CT molecular complexity index is 1230. The number of likely N-dealkylation sites (N-methyl/N-ethyl adjacent to an activating group) is 1. The van der Waals surface area contributed by atoms with E-state index in [2.05, 4.69) is 14.8 Å². The highest BCUT2D eigenvalue weighted by Crippen LogP contribution is 2.34. The van der Waals surface area contributed by atoms with Crippen molar-refractivity contribution in [2.45, 2.75) is 19.9 Å². The van der Waals surface area contributed by atoms with Crippen LogP contribution in [0.3, 0.4) is 0 Å². The van der Waals surface area contributed by atoms with Crippen molar-refractivity contribution >= 4 is 17.5 Å². The first-order valence-electron chi connectivity index (χ1n) is 12.9. The Hall–Kier alpha value is -3.85. The molecule has 2 amide bonds. The Labute approximate surface area is 224 Å². The number of carbonyl (C=O) groups is 2. The highest BCUT2D eigenvalue weighted by molar-refractivity contribution is 5.85. The van der Waals surface area contributed by atoms with Gasteiger partial charge in [0.05, 0.1) is 25.4 Å². The second-order valence-corrected chi connectivity index (χ2v) is 9.78. The zero-order valence-corrected chi connectivity index (χ0v) is 22.7. The van der Waals surface area contributed by atoms with Gasteiger partial charge in [0.2, 0.25) is 11.8 Å². The Morgan fingerprint density at radius 1 is 1.08 bits per heavy atom. The number of hydrogen-bond donors (Lipinski definition) is 0. The molecule has 1 aliphatic heterocycles. The lowest BCUT2D eigenvalue weighted by Gasteiger charge is -2.28. The molecule has 4 rings (SSSR count). The van der Waals surface area contributed by atoms with Crippen LogP contribution in [0.15, 0.2) is 59.1 Å². The fraction of sp³-hybridized carbons (Fsp3) is 0.414. The number of hydrogen-bond acceptors (Lipinski definition) is 7. The molecule has 2 aromatic carbocycles. The number of benzene rings is 2. The topological polar surface area (TPSA) is 82.4 Å². The maximum atomic E-state index is 13.4. The third kappa shape index (κ3) is 6.92. The van der Waals surface area contributed by atoms with Crippen molar-refractivity contribution in [2.75, 3.05) is 65.4 Å². The quantitative estimate of drug-likeness (QED) is 0.407. The van der Waals surface area contributed by atoms with Gasteiger partial charge in [-0.2, -0.15) is 0 Å². The third-order valence-corrected chi connectivity index (χ3v) is 6.74. The molecule has 0 unspecified atom stereocenters. The van der Waals surface area contributed by atoms with E-state index in [1.165, 1.54) is 0 Å². The number of ether oxygens (including phenoxy) is 1. The molecular weight excluding hydrogens is 482 g/mol. The lowest BCUT2D eigenvalue weighted by Crippen LogP contribution is -2.45. The van der Waals surface area contributed by atoms with Crippen molar-refractivity contribution in [2.24, 2.45) is 0 Å².